The molecule has 0 unspecified atom stereocenters. The molecule has 0 bridgehead atoms. The Balaban J connectivity index is 2.34. The van der Waals surface area contributed by atoms with E-state index in [0.29, 0.717) is 12.0 Å². The Morgan fingerprint density at radius 3 is 2.73 bits per heavy atom. The van der Waals surface area contributed by atoms with E-state index in [-0.39, 0.29) is 10.8 Å². The molecule has 0 heterocycles. The summed E-state index contributed by atoms with van der Waals surface area (Å²) in [6, 6.07) is 3.18. The third-order valence-electron chi connectivity index (χ3n) is 2.68. The third-order valence-corrected chi connectivity index (χ3v) is 2.97. The summed E-state index contributed by atoms with van der Waals surface area (Å²) < 4.78 is 18.5. The molecular formula is C11H12ClFO2. The molecule has 82 valence electrons. The van der Waals surface area contributed by atoms with Crippen LogP contribution in [0.4, 0.5) is 4.39 Å². The fraction of sp³-hybridized carbons (Fsp3) is 0.455. The van der Waals surface area contributed by atoms with E-state index >= 15 is 0 Å². The second-order valence-corrected chi connectivity index (χ2v) is 4.36. The largest absolute Gasteiger partial charge is 0.493 e. The number of aliphatic hydroxyl groups is 1. The van der Waals surface area contributed by atoms with Gasteiger partial charge in [0.05, 0.1) is 17.7 Å². The molecule has 2 nitrogen and oxygen atoms in total. The number of ether oxygens (including phenoxy) is 1. The summed E-state index contributed by atoms with van der Waals surface area (Å²) in [5, 5.41) is 9.79. The van der Waals surface area contributed by atoms with Crippen LogP contribution in [-0.4, -0.2) is 17.8 Å². The highest BCUT2D eigenvalue weighted by atomic mass is 35.5. The van der Waals surface area contributed by atoms with Crippen LogP contribution in [0.5, 0.6) is 5.75 Å². The van der Waals surface area contributed by atoms with Crippen molar-refractivity contribution >= 4 is 11.6 Å². The predicted molar refractivity (Wildman–Crippen MR) is 55.8 cm³/mol. The molecule has 0 atom stereocenters. The maximum Gasteiger partial charge on any atom is 0.183 e. The van der Waals surface area contributed by atoms with Crippen molar-refractivity contribution in [3.63, 3.8) is 0 Å². The van der Waals surface area contributed by atoms with Crippen LogP contribution in [0.1, 0.15) is 18.4 Å². The third kappa shape index (κ3) is 2.08. The summed E-state index contributed by atoms with van der Waals surface area (Å²) >= 11 is 5.63. The normalized spacial score (nSPS) is 17.6. The Bertz CT molecular complexity index is 388. The summed E-state index contributed by atoms with van der Waals surface area (Å²) in [5.74, 6) is -0.413. The van der Waals surface area contributed by atoms with Gasteiger partial charge in [0.25, 0.3) is 0 Å². The summed E-state index contributed by atoms with van der Waals surface area (Å²) in [6.45, 7) is 0. The zero-order chi connectivity index (χ0) is 11.1. The summed E-state index contributed by atoms with van der Waals surface area (Å²) in [6.07, 6.45) is 1.95. The Morgan fingerprint density at radius 1 is 1.53 bits per heavy atom. The Labute approximate surface area is 92.6 Å². The van der Waals surface area contributed by atoms with Crippen LogP contribution in [0.3, 0.4) is 0 Å². The van der Waals surface area contributed by atoms with Gasteiger partial charge in [0.15, 0.2) is 11.6 Å². The van der Waals surface area contributed by atoms with Crippen molar-refractivity contribution < 1.29 is 14.2 Å². The lowest BCUT2D eigenvalue weighted by atomic mass is 10.1. The molecule has 0 radical (unpaired) electrons. The zero-order valence-corrected chi connectivity index (χ0v) is 9.14. The van der Waals surface area contributed by atoms with Crippen LogP contribution in [0.15, 0.2) is 12.1 Å². The summed E-state index contributed by atoms with van der Waals surface area (Å²) in [7, 11) is 1.40. The maximum absolute atomic E-state index is 13.5. The lowest BCUT2D eigenvalue weighted by molar-refractivity contribution is 0.149. The van der Waals surface area contributed by atoms with Crippen LogP contribution in [0.25, 0.3) is 0 Å². The van der Waals surface area contributed by atoms with E-state index in [4.69, 9.17) is 16.3 Å². The van der Waals surface area contributed by atoms with Crippen molar-refractivity contribution in [1.82, 2.24) is 0 Å². The Hall–Kier alpha value is -0.800. The van der Waals surface area contributed by atoms with Crippen molar-refractivity contribution in [3.05, 3.63) is 28.5 Å². The summed E-state index contributed by atoms with van der Waals surface area (Å²) in [5.41, 5.74) is 0.00693. The first-order chi connectivity index (χ1) is 7.06. The molecule has 0 spiro atoms. The first-order valence-corrected chi connectivity index (χ1v) is 5.17. The van der Waals surface area contributed by atoms with E-state index in [9.17, 15) is 9.50 Å². The molecule has 0 amide bonds. The molecule has 1 aliphatic rings. The van der Waals surface area contributed by atoms with E-state index in [1.165, 1.54) is 13.2 Å². The van der Waals surface area contributed by atoms with E-state index < -0.39 is 11.4 Å². The SMILES string of the molecule is COc1c(CC2(O)CC2)ccc(Cl)c1F. The highest BCUT2D eigenvalue weighted by Gasteiger charge is 2.41. The van der Waals surface area contributed by atoms with Crippen LogP contribution in [0, 0.1) is 5.82 Å². The standard InChI is InChI=1S/C11H12ClFO2/c1-15-10-7(6-11(14)4-5-11)2-3-8(12)9(10)13/h2-3,14H,4-6H2,1H3. The molecule has 1 fully saturated rings. The molecule has 0 aromatic heterocycles. The lowest BCUT2D eigenvalue weighted by Gasteiger charge is -2.13. The van der Waals surface area contributed by atoms with Gasteiger partial charge in [-0.05, 0) is 18.9 Å². The number of hydrogen-bond donors (Lipinski definition) is 1. The fourth-order valence-electron chi connectivity index (χ4n) is 1.61. The van der Waals surface area contributed by atoms with Gasteiger partial charge in [-0.3, -0.25) is 0 Å². The van der Waals surface area contributed by atoms with Crippen LogP contribution in [-0.2, 0) is 6.42 Å². The fourth-order valence-corrected chi connectivity index (χ4v) is 1.76. The van der Waals surface area contributed by atoms with E-state index in [0.717, 1.165) is 12.8 Å². The van der Waals surface area contributed by atoms with Gasteiger partial charge in [-0.2, -0.15) is 0 Å². The summed E-state index contributed by atoms with van der Waals surface area (Å²) in [4.78, 5) is 0. The molecule has 0 saturated heterocycles. The number of methoxy groups -OCH3 is 1. The van der Waals surface area contributed by atoms with Crippen LogP contribution < -0.4 is 4.74 Å². The van der Waals surface area contributed by atoms with Gasteiger partial charge in [0.1, 0.15) is 0 Å². The number of rotatable bonds is 3. The average Bonchev–Trinajstić information content (AvgIpc) is 2.91. The van der Waals surface area contributed by atoms with Gasteiger partial charge in [-0.15, -0.1) is 0 Å². The number of halogens is 2. The second-order valence-electron chi connectivity index (χ2n) is 3.95. The molecule has 15 heavy (non-hydrogen) atoms. The van der Waals surface area contributed by atoms with Crippen LogP contribution >= 0.6 is 11.6 Å². The van der Waals surface area contributed by atoms with E-state index in [2.05, 4.69) is 0 Å². The van der Waals surface area contributed by atoms with E-state index in [1.54, 1.807) is 6.07 Å². The monoisotopic (exact) mass is 230 g/mol. The predicted octanol–water partition coefficient (Wildman–Crippen LogP) is 2.56. The molecule has 1 aliphatic carbocycles. The minimum atomic E-state index is -0.659. The van der Waals surface area contributed by atoms with Crippen molar-refractivity contribution in [2.75, 3.05) is 7.11 Å². The maximum atomic E-state index is 13.5. The second kappa shape index (κ2) is 3.65. The van der Waals surface area contributed by atoms with Crippen molar-refractivity contribution in [3.8, 4) is 5.75 Å². The highest BCUT2D eigenvalue weighted by molar-refractivity contribution is 6.30. The first kappa shape index (κ1) is 10.7. The zero-order valence-electron chi connectivity index (χ0n) is 8.39. The minimum absolute atomic E-state index is 0.0402. The highest BCUT2D eigenvalue weighted by Crippen LogP contribution is 2.41. The van der Waals surface area contributed by atoms with Crippen LogP contribution in [0.2, 0.25) is 5.02 Å². The van der Waals surface area contributed by atoms with Crippen molar-refractivity contribution in [2.45, 2.75) is 24.9 Å². The number of hydrogen-bond acceptors (Lipinski definition) is 2. The molecule has 0 aliphatic heterocycles. The smallest absolute Gasteiger partial charge is 0.183 e. The van der Waals surface area contributed by atoms with E-state index in [1.807, 2.05) is 0 Å². The molecule has 1 saturated carbocycles. The molecule has 2 rings (SSSR count). The van der Waals surface area contributed by atoms with Crippen molar-refractivity contribution in [2.24, 2.45) is 0 Å². The van der Waals surface area contributed by atoms with Gasteiger partial charge >= 0.3 is 0 Å². The first-order valence-electron chi connectivity index (χ1n) is 4.79. The number of benzene rings is 1. The topological polar surface area (TPSA) is 29.5 Å². The van der Waals surface area contributed by atoms with Crippen molar-refractivity contribution in [1.29, 1.82) is 0 Å². The molecule has 1 aromatic carbocycles. The van der Waals surface area contributed by atoms with Gasteiger partial charge in [0, 0.05) is 12.0 Å². The van der Waals surface area contributed by atoms with Gasteiger partial charge < -0.3 is 9.84 Å². The quantitative estimate of drug-likeness (QED) is 0.865. The molecular weight excluding hydrogens is 219 g/mol. The van der Waals surface area contributed by atoms with Gasteiger partial charge in [0.2, 0.25) is 0 Å². The Kier molecular flexibility index (Phi) is 2.61. The Morgan fingerprint density at radius 2 is 2.20 bits per heavy atom. The lowest BCUT2D eigenvalue weighted by Crippen LogP contribution is -2.12. The molecule has 1 N–H and O–H groups in total. The average molecular weight is 231 g/mol. The van der Waals surface area contributed by atoms with Gasteiger partial charge in [-0.25, -0.2) is 4.39 Å². The minimum Gasteiger partial charge on any atom is -0.493 e. The van der Waals surface area contributed by atoms with Gasteiger partial charge in [-0.1, -0.05) is 17.7 Å². The molecule has 4 heteroatoms. The molecule has 1 aromatic rings.